The Labute approximate surface area is 134 Å². The minimum atomic E-state index is -0.00558. The zero-order valence-corrected chi connectivity index (χ0v) is 14.6. The summed E-state index contributed by atoms with van der Waals surface area (Å²) in [6.45, 7) is 8.54. The van der Waals surface area contributed by atoms with E-state index in [2.05, 4.69) is 64.1 Å². The molecule has 0 aliphatic heterocycles. The number of nitrogens with zero attached hydrogens (tertiary/aromatic N) is 2. The lowest BCUT2D eigenvalue weighted by Gasteiger charge is -2.23. The Morgan fingerprint density at radius 2 is 1.90 bits per heavy atom. The van der Waals surface area contributed by atoms with Crippen molar-refractivity contribution in [2.75, 3.05) is 12.4 Å². The van der Waals surface area contributed by atoms with Gasteiger partial charge in [0.25, 0.3) is 0 Å². The Bertz CT molecular complexity index is 650. The molecular weight excluding hydrogens is 330 g/mol. The first kappa shape index (κ1) is 15.8. The van der Waals surface area contributed by atoms with E-state index >= 15 is 0 Å². The molecule has 0 saturated heterocycles. The molecular formula is C16H20BrN3O. The van der Waals surface area contributed by atoms with E-state index < -0.39 is 0 Å². The predicted molar refractivity (Wildman–Crippen MR) is 89.2 cm³/mol. The molecule has 1 N–H and O–H groups in total. The maximum absolute atomic E-state index is 6.05. The lowest BCUT2D eigenvalue weighted by atomic mass is 9.86. The summed E-state index contributed by atoms with van der Waals surface area (Å²) < 4.78 is 6.77. The molecule has 0 bridgehead atoms. The molecule has 0 atom stereocenters. The van der Waals surface area contributed by atoms with Crippen molar-refractivity contribution < 1.29 is 4.74 Å². The minimum absolute atomic E-state index is 0.00558. The number of hydrogen-bond acceptors (Lipinski definition) is 4. The number of halogens is 1. The van der Waals surface area contributed by atoms with Crippen molar-refractivity contribution in [2.45, 2.75) is 33.1 Å². The van der Waals surface area contributed by atoms with Gasteiger partial charge < -0.3 is 10.1 Å². The van der Waals surface area contributed by atoms with Gasteiger partial charge in [-0.3, -0.25) is 0 Å². The summed E-state index contributed by atoms with van der Waals surface area (Å²) in [5, 5.41) is 3.00. The fourth-order valence-corrected chi connectivity index (χ4v) is 2.52. The van der Waals surface area contributed by atoms with E-state index in [0.29, 0.717) is 16.2 Å². The Balaban J connectivity index is 2.47. The number of hydrogen-bond donors (Lipinski definition) is 1. The van der Waals surface area contributed by atoms with Crippen LogP contribution in [-0.2, 0) is 5.41 Å². The molecule has 4 nitrogen and oxygen atoms in total. The van der Waals surface area contributed by atoms with Gasteiger partial charge in [0.05, 0.1) is 0 Å². The molecule has 21 heavy (non-hydrogen) atoms. The van der Waals surface area contributed by atoms with E-state index in [9.17, 15) is 0 Å². The standard InChI is InChI=1S/C16H20BrN3O/c1-10-6-7-11(16(2,3)4)12(8-10)21-15-13(17)14(18-5)19-9-20-15/h6-9H,1-5H3,(H,18,19,20). The fourth-order valence-electron chi connectivity index (χ4n) is 2.04. The van der Waals surface area contributed by atoms with Crippen LogP contribution in [0.4, 0.5) is 5.82 Å². The molecule has 1 aromatic heterocycles. The quantitative estimate of drug-likeness (QED) is 0.873. The first-order chi connectivity index (χ1) is 9.82. The van der Waals surface area contributed by atoms with Crippen LogP contribution in [0.2, 0.25) is 0 Å². The summed E-state index contributed by atoms with van der Waals surface area (Å²) in [6.07, 6.45) is 1.48. The minimum Gasteiger partial charge on any atom is -0.437 e. The van der Waals surface area contributed by atoms with Gasteiger partial charge in [-0.25, -0.2) is 9.97 Å². The van der Waals surface area contributed by atoms with E-state index in [1.165, 1.54) is 6.33 Å². The fraction of sp³-hybridized carbons (Fsp3) is 0.375. The van der Waals surface area contributed by atoms with Crippen LogP contribution in [0.5, 0.6) is 11.6 Å². The number of aryl methyl sites for hydroxylation is 1. The largest absolute Gasteiger partial charge is 0.437 e. The molecule has 1 heterocycles. The first-order valence-electron chi connectivity index (χ1n) is 6.80. The van der Waals surface area contributed by atoms with Crippen molar-refractivity contribution in [2.24, 2.45) is 0 Å². The zero-order valence-electron chi connectivity index (χ0n) is 13.0. The van der Waals surface area contributed by atoms with E-state index in [1.54, 1.807) is 0 Å². The van der Waals surface area contributed by atoms with Crippen LogP contribution in [0, 0.1) is 6.92 Å². The second kappa shape index (κ2) is 6.02. The van der Waals surface area contributed by atoms with Gasteiger partial charge in [0, 0.05) is 12.6 Å². The highest BCUT2D eigenvalue weighted by atomic mass is 79.9. The highest BCUT2D eigenvalue weighted by Gasteiger charge is 2.20. The highest BCUT2D eigenvalue weighted by molar-refractivity contribution is 9.10. The molecule has 0 aliphatic rings. The Morgan fingerprint density at radius 3 is 2.52 bits per heavy atom. The highest BCUT2D eigenvalue weighted by Crippen LogP contribution is 2.37. The average Bonchev–Trinajstić information content (AvgIpc) is 2.40. The number of rotatable bonds is 3. The van der Waals surface area contributed by atoms with Gasteiger partial charge in [-0.05, 0) is 39.9 Å². The Hall–Kier alpha value is -1.62. The number of aromatic nitrogens is 2. The number of benzene rings is 1. The molecule has 0 aliphatic carbocycles. The van der Waals surface area contributed by atoms with Gasteiger partial charge in [0.15, 0.2) is 0 Å². The van der Waals surface area contributed by atoms with Crippen molar-refractivity contribution in [3.05, 3.63) is 40.1 Å². The Morgan fingerprint density at radius 1 is 1.19 bits per heavy atom. The van der Waals surface area contributed by atoms with E-state index in [4.69, 9.17) is 4.74 Å². The number of ether oxygens (including phenoxy) is 1. The summed E-state index contributed by atoms with van der Waals surface area (Å²) in [7, 11) is 1.81. The van der Waals surface area contributed by atoms with E-state index in [-0.39, 0.29) is 5.41 Å². The van der Waals surface area contributed by atoms with Crippen LogP contribution in [0.1, 0.15) is 31.9 Å². The lowest BCUT2D eigenvalue weighted by Crippen LogP contribution is -2.13. The van der Waals surface area contributed by atoms with Crippen LogP contribution >= 0.6 is 15.9 Å². The molecule has 0 saturated carbocycles. The monoisotopic (exact) mass is 349 g/mol. The van der Waals surface area contributed by atoms with Gasteiger partial charge in [-0.2, -0.15) is 0 Å². The molecule has 1 aromatic carbocycles. The van der Waals surface area contributed by atoms with Crippen molar-refractivity contribution in [1.29, 1.82) is 0 Å². The van der Waals surface area contributed by atoms with Crippen molar-refractivity contribution in [3.8, 4) is 11.6 Å². The summed E-state index contributed by atoms with van der Waals surface area (Å²) in [5.74, 6) is 2.03. The molecule has 0 fully saturated rings. The van der Waals surface area contributed by atoms with E-state index in [0.717, 1.165) is 16.9 Å². The third-order valence-electron chi connectivity index (χ3n) is 3.15. The zero-order chi connectivity index (χ0) is 15.6. The third kappa shape index (κ3) is 3.53. The van der Waals surface area contributed by atoms with Crippen molar-refractivity contribution >= 4 is 21.7 Å². The topological polar surface area (TPSA) is 47.0 Å². The van der Waals surface area contributed by atoms with Crippen LogP contribution in [-0.4, -0.2) is 17.0 Å². The molecule has 112 valence electrons. The maximum Gasteiger partial charge on any atom is 0.238 e. The van der Waals surface area contributed by atoms with Gasteiger partial charge in [-0.15, -0.1) is 0 Å². The Kier molecular flexibility index (Phi) is 4.52. The lowest BCUT2D eigenvalue weighted by molar-refractivity contribution is 0.436. The van der Waals surface area contributed by atoms with Crippen LogP contribution in [0.15, 0.2) is 29.0 Å². The second-order valence-corrected chi connectivity index (χ2v) is 6.74. The molecule has 2 rings (SSSR count). The smallest absolute Gasteiger partial charge is 0.238 e. The molecule has 0 unspecified atom stereocenters. The predicted octanol–water partition coefficient (Wildman–Crippen LogP) is 4.68. The van der Waals surface area contributed by atoms with Crippen LogP contribution in [0.25, 0.3) is 0 Å². The van der Waals surface area contributed by atoms with Crippen molar-refractivity contribution in [3.63, 3.8) is 0 Å². The van der Waals surface area contributed by atoms with E-state index in [1.807, 2.05) is 20.0 Å². The van der Waals surface area contributed by atoms with Gasteiger partial charge in [0.1, 0.15) is 22.4 Å². The van der Waals surface area contributed by atoms with Crippen molar-refractivity contribution in [1.82, 2.24) is 9.97 Å². The number of nitrogens with one attached hydrogen (secondary N) is 1. The summed E-state index contributed by atoms with van der Waals surface area (Å²) in [5.41, 5.74) is 2.29. The first-order valence-corrected chi connectivity index (χ1v) is 7.59. The molecule has 2 aromatic rings. The number of anilines is 1. The van der Waals surface area contributed by atoms with Gasteiger partial charge in [0.2, 0.25) is 5.88 Å². The third-order valence-corrected chi connectivity index (χ3v) is 3.86. The van der Waals surface area contributed by atoms with Gasteiger partial charge in [-0.1, -0.05) is 32.9 Å². The summed E-state index contributed by atoms with van der Waals surface area (Å²) in [6, 6.07) is 6.24. The summed E-state index contributed by atoms with van der Waals surface area (Å²) >= 11 is 3.48. The SMILES string of the molecule is CNc1ncnc(Oc2cc(C)ccc2C(C)(C)C)c1Br. The van der Waals surface area contributed by atoms with Gasteiger partial charge >= 0.3 is 0 Å². The molecule has 0 amide bonds. The van der Waals surface area contributed by atoms with Crippen LogP contribution < -0.4 is 10.1 Å². The molecule has 5 heteroatoms. The summed E-state index contributed by atoms with van der Waals surface area (Å²) in [4.78, 5) is 8.35. The molecule has 0 radical (unpaired) electrons. The normalized spacial score (nSPS) is 11.3. The second-order valence-electron chi connectivity index (χ2n) is 5.94. The molecule has 0 spiro atoms. The maximum atomic E-state index is 6.05. The average molecular weight is 350 g/mol. The van der Waals surface area contributed by atoms with Crippen LogP contribution in [0.3, 0.4) is 0 Å².